The van der Waals surface area contributed by atoms with E-state index < -0.39 is 6.10 Å². The maximum Gasteiger partial charge on any atom is 0.237 e. The van der Waals surface area contributed by atoms with Crippen molar-refractivity contribution >= 4 is 29.1 Å². The lowest BCUT2D eigenvalue weighted by atomic mass is 9.95. The first-order valence-electron chi connectivity index (χ1n) is 7.88. The lowest BCUT2D eigenvalue weighted by Crippen LogP contribution is -2.55. The van der Waals surface area contributed by atoms with Crippen LogP contribution in [0.5, 0.6) is 5.75 Å². The predicted molar refractivity (Wildman–Crippen MR) is 90.5 cm³/mol. The monoisotopic (exact) mass is 374 g/mol. The molecule has 24 heavy (non-hydrogen) atoms. The molecule has 0 unspecified atom stereocenters. The smallest absolute Gasteiger partial charge is 0.237 e. The first-order valence-corrected chi connectivity index (χ1v) is 8.64. The number of carbonyl (C=O) groups excluding carboxylic acids is 1. The van der Waals surface area contributed by atoms with Crippen LogP contribution in [0.4, 0.5) is 0 Å². The zero-order valence-corrected chi connectivity index (χ0v) is 14.5. The van der Waals surface area contributed by atoms with Gasteiger partial charge < -0.3 is 20.2 Å². The molecule has 0 aliphatic carbocycles. The fourth-order valence-corrected chi connectivity index (χ4v) is 4.17. The summed E-state index contributed by atoms with van der Waals surface area (Å²) in [6.45, 7) is 1.27. The number of nitrogens with zero attached hydrogens (tertiary/aromatic N) is 2. The highest BCUT2D eigenvalue weighted by Crippen LogP contribution is 2.43. The van der Waals surface area contributed by atoms with Crippen molar-refractivity contribution in [2.24, 2.45) is 0 Å². The highest BCUT2D eigenvalue weighted by atomic mass is 35.5. The van der Waals surface area contributed by atoms with Crippen LogP contribution in [0.3, 0.4) is 0 Å². The molecule has 2 heterocycles. The molecule has 1 amide bonds. The van der Waals surface area contributed by atoms with Gasteiger partial charge in [-0.05, 0) is 18.6 Å². The largest absolute Gasteiger partial charge is 0.508 e. The van der Waals surface area contributed by atoms with Crippen molar-refractivity contribution in [3.63, 3.8) is 0 Å². The molecular weight excluding hydrogens is 355 g/mol. The van der Waals surface area contributed by atoms with Gasteiger partial charge in [0.15, 0.2) is 0 Å². The average molecular weight is 375 g/mol. The molecule has 0 bridgehead atoms. The third-order valence-corrected chi connectivity index (χ3v) is 5.58. The van der Waals surface area contributed by atoms with E-state index in [4.69, 9.17) is 28.3 Å². The van der Waals surface area contributed by atoms with Crippen LogP contribution in [0, 0.1) is 0 Å². The molecule has 2 saturated heterocycles. The lowest BCUT2D eigenvalue weighted by molar-refractivity contribution is -0.138. The summed E-state index contributed by atoms with van der Waals surface area (Å²) < 4.78 is 0. The Morgan fingerprint density at radius 2 is 2.04 bits per heavy atom. The van der Waals surface area contributed by atoms with E-state index >= 15 is 0 Å². The summed E-state index contributed by atoms with van der Waals surface area (Å²) in [4.78, 5) is 16.1. The standard InChI is InChI=1S/C16H20Cl2N2O4/c17-12-1-2-13(23)15(16(12)18)9-3-10-5-19(6-11(22)8-21)7-14(24)20(10)4-9/h1-2,9-11,21-23H,3-8H2/t9-,10-,11-/m0/s1. The van der Waals surface area contributed by atoms with Crippen molar-refractivity contribution in [1.82, 2.24) is 9.80 Å². The van der Waals surface area contributed by atoms with Crippen LogP contribution >= 0.6 is 23.2 Å². The Bertz CT molecular complexity index is 643. The van der Waals surface area contributed by atoms with Gasteiger partial charge >= 0.3 is 0 Å². The van der Waals surface area contributed by atoms with E-state index in [1.165, 1.54) is 6.07 Å². The number of aliphatic hydroxyl groups is 2. The topological polar surface area (TPSA) is 84.2 Å². The van der Waals surface area contributed by atoms with Crippen LogP contribution in [0.2, 0.25) is 10.0 Å². The summed E-state index contributed by atoms with van der Waals surface area (Å²) in [5, 5.41) is 29.4. The van der Waals surface area contributed by atoms with E-state index in [-0.39, 0.29) is 43.3 Å². The first kappa shape index (κ1) is 17.8. The number of phenols is 1. The SMILES string of the molecule is O=C1CN(C[C@H](O)CO)C[C@@H]2C[C@H](c3c(O)ccc(Cl)c3Cl)CN12. The Morgan fingerprint density at radius 3 is 2.75 bits per heavy atom. The Labute approximate surface area is 150 Å². The van der Waals surface area contributed by atoms with Gasteiger partial charge in [-0.1, -0.05) is 23.2 Å². The van der Waals surface area contributed by atoms with Gasteiger partial charge in [-0.15, -0.1) is 0 Å². The van der Waals surface area contributed by atoms with E-state index in [0.29, 0.717) is 35.1 Å². The normalized spacial score (nSPS) is 25.8. The maximum absolute atomic E-state index is 12.4. The van der Waals surface area contributed by atoms with Gasteiger partial charge in [0.1, 0.15) is 5.75 Å². The minimum atomic E-state index is -0.854. The predicted octanol–water partition coefficient (Wildman–Crippen LogP) is 1.05. The number of halogens is 2. The highest BCUT2D eigenvalue weighted by Gasteiger charge is 2.42. The van der Waals surface area contributed by atoms with E-state index in [1.807, 2.05) is 9.80 Å². The van der Waals surface area contributed by atoms with Crippen molar-refractivity contribution in [2.45, 2.75) is 24.5 Å². The second-order valence-electron chi connectivity index (χ2n) is 6.46. The second-order valence-corrected chi connectivity index (χ2v) is 7.24. The molecule has 2 aliphatic rings. The number of piperazine rings is 1. The molecule has 0 saturated carbocycles. The highest BCUT2D eigenvalue weighted by molar-refractivity contribution is 6.42. The van der Waals surface area contributed by atoms with Gasteiger partial charge in [0.2, 0.25) is 5.91 Å². The van der Waals surface area contributed by atoms with Gasteiger partial charge in [-0.25, -0.2) is 0 Å². The Balaban J connectivity index is 1.77. The average Bonchev–Trinajstić information content (AvgIpc) is 2.95. The third kappa shape index (κ3) is 3.34. The number of rotatable bonds is 4. The molecule has 3 N–H and O–H groups in total. The van der Waals surface area contributed by atoms with Crippen LogP contribution in [-0.2, 0) is 4.79 Å². The third-order valence-electron chi connectivity index (χ3n) is 4.76. The molecule has 1 aromatic rings. The van der Waals surface area contributed by atoms with Gasteiger partial charge in [-0.2, -0.15) is 0 Å². The van der Waals surface area contributed by atoms with Crippen LogP contribution < -0.4 is 0 Å². The van der Waals surface area contributed by atoms with Gasteiger partial charge in [0.25, 0.3) is 0 Å². The zero-order chi connectivity index (χ0) is 17.4. The quantitative estimate of drug-likeness (QED) is 0.733. The van der Waals surface area contributed by atoms with Crippen molar-refractivity contribution < 1.29 is 20.1 Å². The van der Waals surface area contributed by atoms with Crippen molar-refractivity contribution in [1.29, 1.82) is 0 Å². The number of carbonyl (C=O) groups is 1. The zero-order valence-electron chi connectivity index (χ0n) is 13.0. The molecule has 132 valence electrons. The number of fused-ring (bicyclic) bond motifs is 1. The molecule has 8 heteroatoms. The van der Waals surface area contributed by atoms with Gasteiger partial charge in [-0.3, -0.25) is 9.69 Å². The summed E-state index contributed by atoms with van der Waals surface area (Å²) >= 11 is 12.3. The molecule has 3 atom stereocenters. The number of benzene rings is 1. The van der Waals surface area contributed by atoms with Crippen molar-refractivity contribution in [2.75, 3.05) is 32.8 Å². The molecule has 0 aromatic heterocycles. The minimum Gasteiger partial charge on any atom is -0.508 e. The molecule has 2 fully saturated rings. The number of aliphatic hydroxyl groups excluding tert-OH is 2. The van der Waals surface area contributed by atoms with Crippen LogP contribution in [0.15, 0.2) is 12.1 Å². The van der Waals surface area contributed by atoms with Crippen molar-refractivity contribution in [3.05, 3.63) is 27.7 Å². The Morgan fingerprint density at radius 1 is 1.29 bits per heavy atom. The summed E-state index contributed by atoms with van der Waals surface area (Å²) in [5.74, 6) is -0.00125. The van der Waals surface area contributed by atoms with Crippen LogP contribution in [0.25, 0.3) is 0 Å². The van der Waals surface area contributed by atoms with Gasteiger partial charge in [0, 0.05) is 37.2 Å². The van der Waals surface area contributed by atoms with E-state index in [1.54, 1.807) is 6.07 Å². The number of aromatic hydroxyl groups is 1. The van der Waals surface area contributed by atoms with E-state index in [0.717, 1.165) is 0 Å². The fourth-order valence-electron chi connectivity index (χ4n) is 3.69. The summed E-state index contributed by atoms with van der Waals surface area (Å²) in [5.41, 5.74) is 0.591. The summed E-state index contributed by atoms with van der Waals surface area (Å²) in [7, 11) is 0. The molecular formula is C16H20Cl2N2O4. The molecule has 2 aliphatic heterocycles. The Kier molecular flexibility index (Phi) is 5.22. The summed E-state index contributed by atoms with van der Waals surface area (Å²) in [6.07, 6.45) is -0.182. The minimum absolute atomic E-state index is 0.00316. The molecule has 1 aromatic carbocycles. The van der Waals surface area contributed by atoms with E-state index in [9.17, 15) is 15.0 Å². The number of hydrogen-bond donors (Lipinski definition) is 3. The van der Waals surface area contributed by atoms with Crippen LogP contribution in [0.1, 0.15) is 17.9 Å². The molecule has 3 rings (SSSR count). The van der Waals surface area contributed by atoms with Crippen LogP contribution in [-0.4, -0.2) is 76.0 Å². The molecule has 6 nitrogen and oxygen atoms in total. The van der Waals surface area contributed by atoms with E-state index in [2.05, 4.69) is 0 Å². The molecule has 0 radical (unpaired) electrons. The first-order chi connectivity index (χ1) is 11.4. The van der Waals surface area contributed by atoms with Crippen molar-refractivity contribution in [3.8, 4) is 5.75 Å². The number of phenolic OH excluding ortho intramolecular Hbond substituents is 1. The number of hydrogen-bond acceptors (Lipinski definition) is 5. The second kappa shape index (κ2) is 7.06. The van der Waals surface area contributed by atoms with Gasteiger partial charge in [0.05, 0.1) is 29.3 Å². The fraction of sp³-hybridized carbons (Fsp3) is 0.562. The summed E-state index contributed by atoms with van der Waals surface area (Å²) in [6, 6.07) is 3.07. The maximum atomic E-state index is 12.4. The Hall–Kier alpha value is -1.05. The number of amides is 1. The lowest BCUT2D eigenvalue weighted by Gasteiger charge is -2.37. The molecule has 0 spiro atoms. The number of β-amino-alcohol motifs (C(OH)–C–C–N with tert-alkyl or cyclic N) is 1.